The lowest BCUT2D eigenvalue weighted by Gasteiger charge is -2.12. The zero-order valence-electron chi connectivity index (χ0n) is 19.6. The standard InChI is InChI=1S/C26H22FN7O2/c1-35-23-6-5-20(27)26-19(23)10-17(12-28)34(26)8-7-30-25-11-21(32-15-33-25)16-3-4-18(24(9-16)36-2)22-13-29-14-31-22/h3-6,9-11,13-15H,7-8H2,1-2H3,(H,29,31)(H,30,32,33). The molecule has 0 atom stereocenters. The number of hydrogen-bond acceptors (Lipinski definition) is 7. The van der Waals surface area contributed by atoms with Gasteiger partial charge in [-0.2, -0.15) is 5.26 Å². The highest BCUT2D eigenvalue weighted by atomic mass is 19.1. The van der Waals surface area contributed by atoms with Crippen LogP contribution in [0.1, 0.15) is 5.69 Å². The zero-order valence-corrected chi connectivity index (χ0v) is 19.6. The molecule has 0 saturated heterocycles. The molecule has 0 spiro atoms. The Morgan fingerprint density at radius 3 is 2.69 bits per heavy atom. The lowest BCUT2D eigenvalue weighted by Crippen LogP contribution is -2.13. The van der Waals surface area contributed by atoms with Gasteiger partial charge in [-0.05, 0) is 30.3 Å². The molecule has 0 radical (unpaired) electrons. The molecule has 0 aliphatic rings. The summed E-state index contributed by atoms with van der Waals surface area (Å²) in [4.78, 5) is 15.8. The molecule has 2 N–H and O–H groups in total. The number of H-pyrrole nitrogens is 1. The summed E-state index contributed by atoms with van der Waals surface area (Å²) in [5, 5.41) is 13.4. The summed E-state index contributed by atoms with van der Waals surface area (Å²) in [5.74, 6) is 1.39. The molecule has 9 nitrogen and oxygen atoms in total. The number of ether oxygens (including phenoxy) is 2. The van der Waals surface area contributed by atoms with Crippen LogP contribution in [0.25, 0.3) is 33.4 Å². The Bertz CT molecular complexity index is 1570. The molecule has 0 aliphatic heterocycles. The van der Waals surface area contributed by atoms with E-state index in [1.54, 1.807) is 36.3 Å². The maximum Gasteiger partial charge on any atom is 0.147 e. The van der Waals surface area contributed by atoms with Crippen LogP contribution in [0.2, 0.25) is 0 Å². The lowest BCUT2D eigenvalue weighted by atomic mass is 10.1. The molecular weight excluding hydrogens is 461 g/mol. The second kappa shape index (κ2) is 9.76. The van der Waals surface area contributed by atoms with Crippen LogP contribution in [-0.4, -0.2) is 45.3 Å². The fourth-order valence-electron chi connectivity index (χ4n) is 4.20. The van der Waals surface area contributed by atoms with Gasteiger partial charge in [-0.15, -0.1) is 0 Å². The number of anilines is 1. The zero-order chi connectivity index (χ0) is 25.1. The third-order valence-corrected chi connectivity index (χ3v) is 5.90. The Morgan fingerprint density at radius 2 is 1.94 bits per heavy atom. The number of methoxy groups -OCH3 is 2. The van der Waals surface area contributed by atoms with Crippen LogP contribution in [0.15, 0.2) is 61.3 Å². The molecule has 36 heavy (non-hydrogen) atoms. The van der Waals surface area contributed by atoms with Crippen molar-refractivity contribution >= 4 is 16.7 Å². The van der Waals surface area contributed by atoms with Gasteiger partial charge in [0.05, 0.1) is 43.6 Å². The van der Waals surface area contributed by atoms with Gasteiger partial charge >= 0.3 is 0 Å². The van der Waals surface area contributed by atoms with Crippen LogP contribution in [-0.2, 0) is 6.54 Å². The number of rotatable bonds is 8. The predicted molar refractivity (Wildman–Crippen MR) is 133 cm³/mol. The number of nitrogens with one attached hydrogen (secondary N) is 2. The van der Waals surface area contributed by atoms with Crippen molar-refractivity contribution < 1.29 is 13.9 Å². The van der Waals surface area contributed by atoms with Crippen molar-refractivity contribution in [1.29, 1.82) is 5.26 Å². The van der Waals surface area contributed by atoms with Gasteiger partial charge in [-0.25, -0.2) is 19.3 Å². The van der Waals surface area contributed by atoms with E-state index in [0.717, 1.165) is 16.8 Å². The maximum absolute atomic E-state index is 14.6. The van der Waals surface area contributed by atoms with Crippen LogP contribution < -0.4 is 14.8 Å². The Labute approximate surface area is 206 Å². The summed E-state index contributed by atoms with van der Waals surface area (Å²) in [6.07, 6.45) is 4.83. The maximum atomic E-state index is 14.6. The monoisotopic (exact) mass is 483 g/mol. The van der Waals surface area contributed by atoms with Crippen LogP contribution in [0.3, 0.4) is 0 Å². The Kier molecular flexibility index (Phi) is 6.19. The van der Waals surface area contributed by atoms with Gasteiger partial charge in [0.1, 0.15) is 41.2 Å². The van der Waals surface area contributed by atoms with Crippen molar-refractivity contribution in [2.75, 3.05) is 26.1 Å². The first kappa shape index (κ1) is 22.9. The van der Waals surface area contributed by atoms with E-state index in [1.807, 2.05) is 24.3 Å². The minimum Gasteiger partial charge on any atom is -0.496 e. The first-order valence-corrected chi connectivity index (χ1v) is 11.1. The number of nitrogens with zero attached hydrogens (tertiary/aromatic N) is 5. The molecule has 180 valence electrons. The largest absolute Gasteiger partial charge is 0.496 e. The summed E-state index contributed by atoms with van der Waals surface area (Å²) in [7, 11) is 3.13. The highest BCUT2D eigenvalue weighted by Gasteiger charge is 2.16. The molecule has 0 unspecified atom stereocenters. The highest BCUT2D eigenvalue weighted by Crippen LogP contribution is 2.33. The van der Waals surface area contributed by atoms with Crippen LogP contribution in [0.4, 0.5) is 10.2 Å². The first-order valence-electron chi connectivity index (χ1n) is 11.1. The van der Waals surface area contributed by atoms with Crippen LogP contribution in [0, 0.1) is 17.1 Å². The molecule has 0 bridgehead atoms. The summed E-state index contributed by atoms with van der Waals surface area (Å²) >= 11 is 0. The molecule has 3 aromatic heterocycles. The summed E-state index contributed by atoms with van der Waals surface area (Å²) in [6, 6.07) is 14.3. The fourth-order valence-corrected chi connectivity index (χ4v) is 4.20. The van der Waals surface area contributed by atoms with E-state index in [9.17, 15) is 9.65 Å². The minimum atomic E-state index is -0.413. The number of halogens is 1. The van der Waals surface area contributed by atoms with Gasteiger partial charge in [0.25, 0.3) is 0 Å². The number of nitriles is 1. The number of aromatic amines is 1. The van der Waals surface area contributed by atoms with E-state index in [0.29, 0.717) is 52.7 Å². The van der Waals surface area contributed by atoms with Gasteiger partial charge in [-0.3, -0.25) is 0 Å². The molecule has 5 rings (SSSR count). The van der Waals surface area contributed by atoms with E-state index >= 15 is 0 Å². The van der Waals surface area contributed by atoms with Crippen molar-refractivity contribution in [2.45, 2.75) is 6.54 Å². The van der Waals surface area contributed by atoms with Gasteiger partial charge < -0.3 is 24.3 Å². The Morgan fingerprint density at radius 1 is 1.08 bits per heavy atom. The average molecular weight is 484 g/mol. The summed E-state index contributed by atoms with van der Waals surface area (Å²) < 4.78 is 27.2. The number of fused-ring (bicyclic) bond motifs is 1. The van der Waals surface area contributed by atoms with Gasteiger partial charge in [-0.1, -0.05) is 6.07 Å². The normalized spacial score (nSPS) is 10.8. The first-order chi connectivity index (χ1) is 17.6. The topological polar surface area (TPSA) is 114 Å². The number of imidazole rings is 1. The third-order valence-electron chi connectivity index (χ3n) is 5.90. The van der Waals surface area contributed by atoms with Crippen molar-refractivity contribution in [2.24, 2.45) is 0 Å². The molecule has 0 aliphatic carbocycles. The van der Waals surface area contributed by atoms with E-state index in [-0.39, 0.29) is 0 Å². The molecule has 3 heterocycles. The number of hydrogen-bond donors (Lipinski definition) is 2. The van der Waals surface area contributed by atoms with E-state index in [1.165, 1.54) is 19.5 Å². The lowest BCUT2D eigenvalue weighted by molar-refractivity contribution is 0.416. The fraction of sp³-hybridized carbons (Fsp3) is 0.154. The molecule has 2 aromatic carbocycles. The molecule has 0 amide bonds. The van der Waals surface area contributed by atoms with Gasteiger partial charge in [0.2, 0.25) is 0 Å². The molecule has 5 aromatic rings. The minimum absolute atomic E-state index is 0.334. The number of benzene rings is 2. The Balaban J connectivity index is 1.36. The average Bonchev–Trinajstić information content (AvgIpc) is 3.58. The molecule has 10 heteroatoms. The van der Waals surface area contributed by atoms with Crippen molar-refractivity contribution in [3.05, 3.63) is 72.8 Å². The van der Waals surface area contributed by atoms with E-state index < -0.39 is 5.82 Å². The Hall–Kier alpha value is -4.91. The molecule has 0 fully saturated rings. The summed E-state index contributed by atoms with van der Waals surface area (Å²) in [5.41, 5.74) is 4.00. The van der Waals surface area contributed by atoms with E-state index in [4.69, 9.17) is 9.47 Å². The van der Waals surface area contributed by atoms with Crippen molar-refractivity contribution in [3.63, 3.8) is 0 Å². The van der Waals surface area contributed by atoms with Crippen LogP contribution >= 0.6 is 0 Å². The SMILES string of the molecule is COc1cc(-c2cc(NCCn3c(C#N)cc4c(OC)ccc(F)c43)ncn2)ccc1-c1cnc[nH]1. The quantitative estimate of drug-likeness (QED) is 0.331. The summed E-state index contributed by atoms with van der Waals surface area (Å²) in [6.45, 7) is 0.760. The molecule has 0 saturated carbocycles. The highest BCUT2D eigenvalue weighted by molar-refractivity contribution is 5.88. The van der Waals surface area contributed by atoms with Crippen molar-refractivity contribution in [3.8, 4) is 40.1 Å². The number of aromatic nitrogens is 5. The molecular formula is C26H22FN7O2. The smallest absolute Gasteiger partial charge is 0.147 e. The second-order valence-corrected chi connectivity index (χ2v) is 7.90. The van der Waals surface area contributed by atoms with Crippen LogP contribution in [0.5, 0.6) is 11.5 Å². The van der Waals surface area contributed by atoms with E-state index in [2.05, 4.69) is 31.3 Å². The second-order valence-electron chi connectivity index (χ2n) is 7.90. The third kappa shape index (κ3) is 4.18. The van der Waals surface area contributed by atoms with Crippen molar-refractivity contribution in [1.82, 2.24) is 24.5 Å². The van der Waals surface area contributed by atoms with Gasteiger partial charge in [0, 0.05) is 35.7 Å². The predicted octanol–water partition coefficient (Wildman–Crippen LogP) is 4.63. The van der Waals surface area contributed by atoms with Gasteiger partial charge in [0.15, 0.2) is 0 Å².